The minimum Gasteiger partial charge on any atom is -0.352 e. The number of hydrogen-bond donors (Lipinski definition) is 1. The SMILES string of the molecule is O=C(NCCCc1nc2c(s1)CCCC2)c1cc(Br)ccc1F. The topological polar surface area (TPSA) is 42.0 Å². The number of carbonyl (C=O) groups excluding carboxylic acids is 1. The molecule has 1 aliphatic rings. The van der Waals surface area contributed by atoms with E-state index in [2.05, 4.69) is 21.2 Å². The average molecular weight is 397 g/mol. The molecule has 1 amide bonds. The molecule has 1 aromatic heterocycles. The molecule has 0 bridgehead atoms. The van der Waals surface area contributed by atoms with E-state index in [0.717, 1.165) is 30.7 Å². The van der Waals surface area contributed by atoms with Crippen LogP contribution in [0.4, 0.5) is 4.39 Å². The molecular formula is C17H18BrFN2OS. The van der Waals surface area contributed by atoms with Gasteiger partial charge in [0.2, 0.25) is 0 Å². The molecule has 1 aromatic carbocycles. The summed E-state index contributed by atoms with van der Waals surface area (Å²) >= 11 is 5.06. The summed E-state index contributed by atoms with van der Waals surface area (Å²) < 4.78 is 14.3. The summed E-state index contributed by atoms with van der Waals surface area (Å²) in [4.78, 5) is 18.1. The molecule has 23 heavy (non-hydrogen) atoms. The zero-order valence-electron chi connectivity index (χ0n) is 12.7. The summed E-state index contributed by atoms with van der Waals surface area (Å²) in [6.45, 7) is 0.523. The smallest absolute Gasteiger partial charge is 0.254 e. The monoisotopic (exact) mass is 396 g/mol. The predicted octanol–water partition coefficient (Wildman–Crippen LogP) is 4.29. The van der Waals surface area contributed by atoms with Crippen LogP contribution < -0.4 is 5.32 Å². The number of halogens is 2. The molecule has 1 N–H and O–H groups in total. The number of benzene rings is 1. The van der Waals surface area contributed by atoms with Gasteiger partial charge in [-0.25, -0.2) is 9.37 Å². The standard InChI is InChI=1S/C17H18BrFN2OS/c18-11-7-8-13(19)12(10-11)17(22)20-9-3-6-16-21-14-4-1-2-5-15(14)23-16/h7-8,10H,1-6,9H2,(H,20,22). The molecule has 0 saturated heterocycles. The second-order valence-corrected chi connectivity index (χ2v) is 7.75. The van der Waals surface area contributed by atoms with Gasteiger partial charge in [0.05, 0.1) is 16.3 Å². The molecular weight excluding hydrogens is 379 g/mol. The van der Waals surface area contributed by atoms with Gasteiger partial charge in [-0.3, -0.25) is 4.79 Å². The Morgan fingerprint density at radius 3 is 3.00 bits per heavy atom. The van der Waals surface area contributed by atoms with Crippen LogP contribution in [0.5, 0.6) is 0 Å². The maximum Gasteiger partial charge on any atom is 0.254 e. The van der Waals surface area contributed by atoms with E-state index in [1.54, 1.807) is 17.4 Å². The van der Waals surface area contributed by atoms with Crippen molar-refractivity contribution in [3.63, 3.8) is 0 Å². The number of aromatic nitrogens is 1. The molecule has 122 valence electrons. The molecule has 3 nitrogen and oxygen atoms in total. The quantitative estimate of drug-likeness (QED) is 0.765. The Labute approximate surface area is 147 Å². The van der Waals surface area contributed by atoms with Crippen LogP contribution in [0, 0.1) is 5.82 Å². The van der Waals surface area contributed by atoms with Crippen molar-refractivity contribution < 1.29 is 9.18 Å². The first-order valence-electron chi connectivity index (χ1n) is 7.84. The third kappa shape index (κ3) is 4.18. The van der Waals surface area contributed by atoms with E-state index in [9.17, 15) is 9.18 Å². The van der Waals surface area contributed by atoms with Crippen LogP contribution in [0.25, 0.3) is 0 Å². The van der Waals surface area contributed by atoms with Crippen LogP contribution in [-0.4, -0.2) is 17.4 Å². The molecule has 1 aliphatic carbocycles. The molecule has 0 unspecified atom stereocenters. The van der Waals surface area contributed by atoms with E-state index < -0.39 is 5.82 Å². The lowest BCUT2D eigenvalue weighted by molar-refractivity contribution is 0.0949. The Balaban J connectivity index is 1.48. The Morgan fingerprint density at radius 1 is 1.35 bits per heavy atom. The minimum atomic E-state index is -0.502. The molecule has 3 rings (SSSR count). The lowest BCUT2D eigenvalue weighted by Crippen LogP contribution is -2.25. The maximum absolute atomic E-state index is 13.6. The second-order valence-electron chi connectivity index (χ2n) is 5.67. The van der Waals surface area contributed by atoms with E-state index in [-0.39, 0.29) is 11.5 Å². The number of hydrogen-bond acceptors (Lipinski definition) is 3. The molecule has 0 aliphatic heterocycles. The summed E-state index contributed by atoms with van der Waals surface area (Å²) in [5.41, 5.74) is 1.35. The van der Waals surface area contributed by atoms with Crippen LogP contribution in [-0.2, 0) is 19.3 Å². The Kier molecular flexibility index (Phi) is 5.43. The van der Waals surface area contributed by atoms with Gasteiger partial charge in [0.25, 0.3) is 5.91 Å². The van der Waals surface area contributed by atoms with E-state index in [0.29, 0.717) is 11.0 Å². The number of rotatable bonds is 5. The highest BCUT2D eigenvalue weighted by Crippen LogP contribution is 2.27. The fraction of sp³-hybridized carbons (Fsp3) is 0.412. The van der Waals surface area contributed by atoms with E-state index >= 15 is 0 Å². The molecule has 0 atom stereocenters. The van der Waals surface area contributed by atoms with Crippen LogP contribution in [0.15, 0.2) is 22.7 Å². The average Bonchev–Trinajstić information content (AvgIpc) is 2.96. The van der Waals surface area contributed by atoms with Gasteiger partial charge < -0.3 is 5.32 Å². The molecule has 0 radical (unpaired) electrons. The van der Waals surface area contributed by atoms with Crippen LogP contribution >= 0.6 is 27.3 Å². The lowest BCUT2D eigenvalue weighted by atomic mass is 10.0. The zero-order valence-corrected chi connectivity index (χ0v) is 15.1. The number of amides is 1. The molecule has 0 saturated carbocycles. The minimum absolute atomic E-state index is 0.0732. The largest absolute Gasteiger partial charge is 0.352 e. The van der Waals surface area contributed by atoms with Crippen molar-refractivity contribution in [2.45, 2.75) is 38.5 Å². The van der Waals surface area contributed by atoms with Crippen molar-refractivity contribution in [3.8, 4) is 0 Å². The van der Waals surface area contributed by atoms with Gasteiger partial charge >= 0.3 is 0 Å². The number of thiazole rings is 1. The normalized spacial score (nSPS) is 13.7. The Bertz CT molecular complexity index is 693. The van der Waals surface area contributed by atoms with Crippen molar-refractivity contribution >= 4 is 33.2 Å². The molecule has 0 fully saturated rings. The van der Waals surface area contributed by atoms with E-state index in [1.807, 2.05) is 0 Å². The highest BCUT2D eigenvalue weighted by molar-refractivity contribution is 9.10. The molecule has 1 heterocycles. The van der Waals surface area contributed by atoms with Crippen LogP contribution in [0.2, 0.25) is 0 Å². The van der Waals surface area contributed by atoms with Gasteiger partial charge in [0.15, 0.2) is 0 Å². The number of fused-ring (bicyclic) bond motifs is 1. The first-order valence-corrected chi connectivity index (χ1v) is 9.45. The third-order valence-electron chi connectivity index (χ3n) is 3.92. The van der Waals surface area contributed by atoms with Crippen molar-refractivity contribution in [1.29, 1.82) is 0 Å². The Morgan fingerprint density at radius 2 is 2.17 bits per heavy atom. The highest BCUT2D eigenvalue weighted by atomic mass is 79.9. The summed E-state index contributed by atoms with van der Waals surface area (Å²) in [6, 6.07) is 4.37. The predicted molar refractivity (Wildman–Crippen MR) is 93.5 cm³/mol. The Hall–Kier alpha value is -1.27. The van der Waals surface area contributed by atoms with Crippen molar-refractivity contribution in [3.05, 3.63) is 49.6 Å². The van der Waals surface area contributed by atoms with Gasteiger partial charge in [-0.05, 0) is 50.3 Å². The van der Waals surface area contributed by atoms with Gasteiger partial charge in [-0.1, -0.05) is 15.9 Å². The van der Waals surface area contributed by atoms with Gasteiger partial charge in [-0.15, -0.1) is 11.3 Å². The maximum atomic E-state index is 13.6. The molecule has 0 spiro atoms. The summed E-state index contributed by atoms with van der Waals surface area (Å²) in [5.74, 6) is -0.875. The highest BCUT2D eigenvalue weighted by Gasteiger charge is 2.15. The summed E-state index contributed by atoms with van der Waals surface area (Å²) in [5, 5.41) is 3.93. The first-order chi connectivity index (χ1) is 11.1. The fourth-order valence-corrected chi connectivity index (χ4v) is 4.28. The van der Waals surface area contributed by atoms with Crippen LogP contribution in [0.3, 0.4) is 0 Å². The second kappa shape index (κ2) is 7.53. The van der Waals surface area contributed by atoms with E-state index in [1.165, 1.54) is 35.5 Å². The summed E-state index contributed by atoms with van der Waals surface area (Å²) in [7, 11) is 0. The first kappa shape index (κ1) is 16.6. The van der Waals surface area contributed by atoms with Crippen molar-refractivity contribution in [2.24, 2.45) is 0 Å². The van der Waals surface area contributed by atoms with Crippen molar-refractivity contribution in [2.75, 3.05) is 6.54 Å². The van der Waals surface area contributed by atoms with Crippen molar-refractivity contribution in [1.82, 2.24) is 10.3 Å². The van der Waals surface area contributed by atoms with Gasteiger partial charge in [0, 0.05) is 22.3 Å². The van der Waals surface area contributed by atoms with E-state index in [4.69, 9.17) is 4.98 Å². The van der Waals surface area contributed by atoms with Crippen LogP contribution in [0.1, 0.15) is 45.2 Å². The number of nitrogens with one attached hydrogen (secondary N) is 1. The fourth-order valence-electron chi connectivity index (χ4n) is 2.72. The van der Waals surface area contributed by atoms with Gasteiger partial charge in [-0.2, -0.15) is 0 Å². The third-order valence-corrected chi connectivity index (χ3v) is 5.63. The molecule has 2 aromatic rings. The summed E-state index contributed by atoms with van der Waals surface area (Å²) in [6.07, 6.45) is 6.44. The number of aryl methyl sites for hydroxylation is 3. The number of nitrogens with zero attached hydrogens (tertiary/aromatic N) is 1. The zero-order chi connectivity index (χ0) is 16.2. The molecule has 6 heteroatoms. The van der Waals surface area contributed by atoms with Gasteiger partial charge in [0.1, 0.15) is 5.82 Å². The number of carbonyl (C=O) groups is 1. The lowest BCUT2D eigenvalue weighted by Gasteiger charge is -2.06.